The second-order valence-electron chi connectivity index (χ2n) is 6.42. The molecule has 2 rings (SSSR count). The molecule has 4 heteroatoms. The molecule has 2 fully saturated rings. The van der Waals surface area contributed by atoms with Crippen molar-refractivity contribution in [2.75, 3.05) is 32.7 Å². The Kier molecular flexibility index (Phi) is 6.80. The predicted molar refractivity (Wildman–Crippen MR) is 82.7 cm³/mol. The predicted octanol–water partition coefficient (Wildman–Crippen LogP) is 1.76. The number of likely N-dealkylation sites (tertiary alicyclic amines) is 1. The quantitative estimate of drug-likeness (QED) is 0.780. The van der Waals surface area contributed by atoms with Crippen molar-refractivity contribution in [3.05, 3.63) is 0 Å². The fourth-order valence-corrected chi connectivity index (χ4v) is 3.42. The van der Waals surface area contributed by atoms with Gasteiger partial charge in [-0.3, -0.25) is 4.79 Å². The molecule has 0 atom stereocenters. The molecule has 2 aliphatic heterocycles. The number of carbonyl (C=O) groups excluding carboxylic acids is 1. The lowest BCUT2D eigenvalue weighted by Gasteiger charge is -2.32. The normalized spacial score (nSPS) is 22.9. The number of amides is 1. The van der Waals surface area contributed by atoms with Crippen LogP contribution in [0.15, 0.2) is 0 Å². The van der Waals surface area contributed by atoms with Crippen LogP contribution in [0.25, 0.3) is 0 Å². The molecule has 0 aliphatic carbocycles. The SMILES string of the molecule is CCCN1CCC(NC(=O)CCC2CCNCC2)CC1. The van der Waals surface area contributed by atoms with E-state index in [1.54, 1.807) is 0 Å². The first-order valence-corrected chi connectivity index (χ1v) is 8.50. The maximum Gasteiger partial charge on any atom is 0.220 e. The topological polar surface area (TPSA) is 44.4 Å². The number of carbonyl (C=O) groups is 1. The van der Waals surface area contributed by atoms with E-state index in [4.69, 9.17) is 0 Å². The Morgan fingerprint density at radius 3 is 2.55 bits per heavy atom. The Balaban J connectivity index is 1.57. The number of piperidine rings is 2. The van der Waals surface area contributed by atoms with E-state index >= 15 is 0 Å². The van der Waals surface area contributed by atoms with E-state index in [1.165, 1.54) is 25.8 Å². The molecule has 2 saturated heterocycles. The van der Waals surface area contributed by atoms with Crippen molar-refractivity contribution < 1.29 is 4.79 Å². The molecule has 2 aliphatic rings. The molecular formula is C16H31N3O. The second kappa shape index (κ2) is 8.63. The van der Waals surface area contributed by atoms with Crippen molar-refractivity contribution in [1.82, 2.24) is 15.5 Å². The average Bonchev–Trinajstić information content (AvgIpc) is 2.49. The molecule has 0 bridgehead atoms. The second-order valence-corrected chi connectivity index (χ2v) is 6.42. The summed E-state index contributed by atoms with van der Waals surface area (Å²) in [6.45, 7) is 7.98. The zero-order chi connectivity index (χ0) is 14.2. The summed E-state index contributed by atoms with van der Waals surface area (Å²) in [6, 6.07) is 0.420. The molecule has 0 unspecified atom stereocenters. The summed E-state index contributed by atoms with van der Waals surface area (Å²) < 4.78 is 0. The van der Waals surface area contributed by atoms with Crippen LogP contribution >= 0.6 is 0 Å². The molecule has 1 amide bonds. The molecule has 0 radical (unpaired) electrons. The van der Waals surface area contributed by atoms with Gasteiger partial charge >= 0.3 is 0 Å². The zero-order valence-corrected chi connectivity index (χ0v) is 13.0. The molecule has 0 aromatic heterocycles. The molecule has 0 aromatic carbocycles. The van der Waals surface area contributed by atoms with Gasteiger partial charge in [0.05, 0.1) is 0 Å². The molecular weight excluding hydrogens is 250 g/mol. The molecule has 0 spiro atoms. The van der Waals surface area contributed by atoms with Crippen LogP contribution in [0.5, 0.6) is 0 Å². The van der Waals surface area contributed by atoms with Crippen LogP contribution in [-0.4, -0.2) is 49.6 Å². The largest absolute Gasteiger partial charge is 0.353 e. The van der Waals surface area contributed by atoms with Gasteiger partial charge < -0.3 is 15.5 Å². The third kappa shape index (κ3) is 5.41. The van der Waals surface area contributed by atoms with Crippen molar-refractivity contribution in [3.8, 4) is 0 Å². The molecule has 20 heavy (non-hydrogen) atoms. The van der Waals surface area contributed by atoms with Gasteiger partial charge in [0.15, 0.2) is 0 Å². The molecule has 0 aromatic rings. The summed E-state index contributed by atoms with van der Waals surface area (Å²) in [5.41, 5.74) is 0. The van der Waals surface area contributed by atoms with Crippen molar-refractivity contribution in [3.63, 3.8) is 0 Å². The van der Waals surface area contributed by atoms with Crippen molar-refractivity contribution >= 4 is 5.91 Å². The first-order valence-electron chi connectivity index (χ1n) is 8.50. The summed E-state index contributed by atoms with van der Waals surface area (Å²) in [4.78, 5) is 14.5. The van der Waals surface area contributed by atoms with Crippen LogP contribution in [0.2, 0.25) is 0 Å². The van der Waals surface area contributed by atoms with Crippen molar-refractivity contribution in [2.45, 2.75) is 57.9 Å². The van der Waals surface area contributed by atoms with Gasteiger partial charge in [0.25, 0.3) is 0 Å². The summed E-state index contributed by atoms with van der Waals surface area (Å²) >= 11 is 0. The maximum atomic E-state index is 12.0. The van der Waals surface area contributed by atoms with E-state index in [1.807, 2.05) is 0 Å². The molecule has 2 heterocycles. The number of hydrogen-bond donors (Lipinski definition) is 2. The maximum absolute atomic E-state index is 12.0. The number of nitrogens with zero attached hydrogens (tertiary/aromatic N) is 1. The fourth-order valence-electron chi connectivity index (χ4n) is 3.42. The van der Waals surface area contributed by atoms with E-state index in [-0.39, 0.29) is 5.91 Å². The standard InChI is InChI=1S/C16H31N3O/c1-2-11-19-12-7-15(8-13-19)18-16(20)4-3-14-5-9-17-10-6-14/h14-15,17H,2-13H2,1H3,(H,18,20). The van der Waals surface area contributed by atoms with Gasteiger partial charge in [-0.05, 0) is 64.1 Å². The van der Waals surface area contributed by atoms with E-state index in [9.17, 15) is 4.79 Å². The number of hydrogen-bond acceptors (Lipinski definition) is 3. The summed E-state index contributed by atoms with van der Waals surface area (Å²) in [7, 11) is 0. The Hall–Kier alpha value is -0.610. The highest BCUT2D eigenvalue weighted by Crippen LogP contribution is 2.18. The van der Waals surface area contributed by atoms with Crippen LogP contribution in [-0.2, 0) is 4.79 Å². The fraction of sp³-hybridized carbons (Fsp3) is 0.938. The zero-order valence-electron chi connectivity index (χ0n) is 13.0. The van der Waals surface area contributed by atoms with Crippen LogP contribution in [0.4, 0.5) is 0 Å². The Labute approximate surface area is 123 Å². The number of rotatable bonds is 6. The van der Waals surface area contributed by atoms with Gasteiger partial charge in [-0.2, -0.15) is 0 Å². The third-order valence-corrected chi connectivity index (χ3v) is 4.73. The van der Waals surface area contributed by atoms with Gasteiger partial charge in [0.2, 0.25) is 5.91 Å². The molecule has 116 valence electrons. The molecule has 2 N–H and O–H groups in total. The van der Waals surface area contributed by atoms with Crippen LogP contribution in [0.1, 0.15) is 51.9 Å². The minimum absolute atomic E-state index is 0.275. The average molecular weight is 281 g/mol. The van der Waals surface area contributed by atoms with Gasteiger partial charge in [-0.15, -0.1) is 0 Å². The van der Waals surface area contributed by atoms with Gasteiger partial charge in [-0.1, -0.05) is 6.92 Å². The van der Waals surface area contributed by atoms with Gasteiger partial charge in [0.1, 0.15) is 0 Å². The molecule has 4 nitrogen and oxygen atoms in total. The smallest absolute Gasteiger partial charge is 0.220 e. The van der Waals surface area contributed by atoms with Crippen LogP contribution < -0.4 is 10.6 Å². The summed E-state index contributed by atoms with van der Waals surface area (Å²) in [5, 5.41) is 6.62. The van der Waals surface area contributed by atoms with Crippen molar-refractivity contribution in [1.29, 1.82) is 0 Å². The first-order chi connectivity index (χ1) is 9.78. The van der Waals surface area contributed by atoms with E-state index in [2.05, 4.69) is 22.5 Å². The minimum atomic E-state index is 0.275. The van der Waals surface area contributed by atoms with E-state index < -0.39 is 0 Å². The minimum Gasteiger partial charge on any atom is -0.353 e. The van der Waals surface area contributed by atoms with Crippen molar-refractivity contribution in [2.24, 2.45) is 5.92 Å². The van der Waals surface area contributed by atoms with Gasteiger partial charge in [0, 0.05) is 25.6 Å². The highest BCUT2D eigenvalue weighted by molar-refractivity contribution is 5.76. The highest BCUT2D eigenvalue weighted by Gasteiger charge is 2.20. The monoisotopic (exact) mass is 281 g/mol. The lowest BCUT2D eigenvalue weighted by molar-refractivity contribution is -0.122. The summed E-state index contributed by atoms with van der Waals surface area (Å²) in [5.74, 6) is 1.03. The highest BCUT2D eigenvalue weighted by atomic mass is 16.1. The van der Waals surface area contributed by atoms with Gasteiger partial charge in [-0.25, -0.2) is 0 Å². The Morgan fingerprint density at radius 2 is 1.90 bits per heavy atom. The first kappa shape index (κ1) is 15.8. The van der Waals surface area contributed by atoms with Crippen LogP contribution in [0, 0.1) is 5.92 Å². The van der Waals surface area contributed by atoms with E-state index in [0.29, 0.717) is 6.04 Å². The number of nitrogens with one attached hydrogen (secondary N) is 2. The summed E-state index contributed by atoms with van der Waals surface area (Å²) in [6.07, 6.45) is 7.75. The van der Waals surface area contributed by atoms with E-state index in [0.717, 1.165) is 57.8 Å². The third-order valence-electron chi connectivity index (χ3n) is 4.73. The molecule has 0 saturated carbocycles. The lowest BCUT2D eigenvalue weighted by Crippen LogP contribution is -2.44. The Morgan fingerprint density at radius 1 is 1.20 bits per heavy atom. The van der Waals surface area contributed by atoms with Crippen LogP contribution in [0.3, 0.4) is 0 Å². The lowest BCUT2D eigenvalue weighted by atomic mass is 9.93. The Bertz CT molecular complexity index is 281.